The van der Waals surface area contributed by atoms with E-state index >= 15 is 0 Å². The first-order chi connectivity index (χ1) is 15.1. The monoisotopic (exact) mass is 429 g/mol. The number of rotatable bonds is 5. The van der Waals surface area contributed by atoms with E-state index in [0.717, 1.165) is 31.4 Å². The lowest BCUT2D eigenvalue weighted by Gasteiger charge is -2.38. The lowest BCUT2D eigenvalue weighted by atomic mass is 9.74. The summed E-state index contributed by atoms with van der Waals surface area (Å²) in [6, 6.07) is 10.0. The fourth-order valence-electron chi connectivity index (χ4n) is 4.47. The zero-order chi connectivity index (χ0) is 21.7. The Labute approximate surface area is 181 Å². The lowest BCUT2D eigenvalue weighted by Crippen LogP contribution is -2.50. The van der Waals surface area contributed by atoms with Crippen LogP contribution in [0.4, 0.5) is 14.6 Å². The molecule has 6 nitrogen and oxygen atoms in total. The maximum Gasteiger partial charge on any atom is 0.191 e. The van der Waals surface area contributed by atoms with Crippen molar-refractivity contribution in [3.63, 3.8) is 0 Å². The van der Waals surface area contributed by atoms with E-state index in [1.54, 1.807) is 31.4 Å². The van der Waals surface area contributed by atoms with Crippen LogP contribution < -0.4 is 15.5 Å². The zero-order valence-corrected chi connectivity index (χ0v) is 17.8. The molecule has 1 unspecified atom stereocenters. The average Bonchev–Trinajstić information content (AvgIpc) is 3.26. The van der Waals surface area contributed by atoms with Crippen LogP contribution in [0.1, 0.15) is 24.8 Å². The van der Waals surface area contributed by atoms with Gasteiger partial charge in [-0.2, -0.15) is 0 Å². The summed E-state index contributed by atoms with van der Waals surface area (Å²) in [7, 11) is 1.74. The third-order valence-electron chi connectivity index (χ3n) is 6.27. The van der Waals surface area contributed by atoms with E-state index in [-0.39, 0.29) is 23.1 Å². The van der Waals surface area contributed by atoms with Crippen LogP contribution in [0.5, 0.6) is 0 Å². The van der Waals surface area contributed by atoms with Crippen LogP contribution in [0, 0.1) is 11.6 Å². The summed E-state index contributed by atoms with van der Waals surface area (Å²) in [6.45, 7) is 3.31. The van der Waals surface area contributed by atoms with Gasteiger partial charge in [0, 0.05) is 57.5 Å². The van der Waals surface area contributed by atoms with E-state index in [4.69, 9.17) is 4.74 Å². The average molecular weight is 430 g/mol. The minimum Gasteiger partial charge on any atom is -0.381 e. The maximum atomic E-state index is 14.1. The third kappa shape index (κ3) is 4.95. The number of pyridine rings is 1. The van der Waals surface area contributed by atoms with Crippen molar-refractivity contribution in [2.45, 2.75) is 30.7 Å². The summed E-state index contributed by atoms with van der Waals surface area (Å²) in [5.74, 6) is 0.554. The fraction of sp³-hybridized carbons (Fsp3) is 0.478. The number of nitrogens with zero attached hydrogens (tertiary/aromatic N) is 3. The smallest absolute Gasteiger partial charge is 0.191 e. The van der Waals surface area contributed by atoms with Gasteiger partial charge in [-0.3, -0.25) is 4.99 Å². The van der Waals surface area contributed by atoms with Gasteiger partial charge in [-0.15, -0.1) is 0 Å². The van der Waals surface area contributed by atoms with Crippen molar-refractivity contribution in [3.8, 4) is 0 Å². The topological polar surface area (TPSA) is 61.8 Å². The number of guanidine groups is 1. The number of nitrogens with one attached hydrogen (secondary N) is 2. The zero-order valence-electron chi connectivity index (χ0n) is 17.8. The molecule has 2 fully saturated rings. The van der Waals surface area contributed by atoms with Crippen molar-refractivity contribution in [3.05, 3.63) is 59.8 Å². The van der Waals surface area contributed by atoms with Gasteiger partial charge in [-0.05, 0) is 49.1 Å². The first kappa shape index (κ1) is 21.5. The molecule has 8 heteroatoms. The van der Waals surface area contributed by atoms with Crippen molar-refractivity contribution >= 4 is 11.8 Å². The molecule has 4 rings (SSSR count). The highest BCUT2D eigenvalue weighted by molar-refractivity contribution is 5.80. The molecule has 3 heterocycles. The molecule has 1 aromatic heterocycles. The molecule has 0 spiro atoms. The largest absolute Gasteiger partial charge is 0.381 e. The Bertz CT molecular complexity index is 916. The predicted octanol–water partition coefficient (Wildman–Crippen LogP) is 2.85. The molecule has 2 aliphatic heterocycles. The van der Waals surface area contributed by atoms with Crippen LogP contribution in [-0.2, 0) is 10.2 Å². The Hall–Kier alpha value is -2.74. The summed E-state index contributed by atoms with van der Waals surface area (Å²) < 4.78 is 33.5. The molecular formula is C23H29F2N5O. The van der Waals surface area contributed by atoms with Crippen LogP contribution in [-0.4, -0.2) is 56.9 Å². The number of hydrogen-bond donors (Lipinski definition) is 2. The van der Waals surface area contributed by atoms with Gasteiger partial charge in [0.2, 0.25) is 0 Å². The standard InChI is InChI=1S/C23H29F2N5O/c1-26-22(29-19-7-11-30(15-19)21-20(25)6-3-10-27-21)28-16-23(8-12-31-13-9-23)17-4-2-5-18(24)14-17/h2-6,10,14,19H,7-9,11-13,15-16H2,1H3,(H2,26,28,29). The highest BCUT2D eigenvalue weighted by Crippen LogP contribution is 2.34. The van der Waals surface area contributed by atoms with Crippen LogP contribution in [0.3, 0.4) is 0 Å². The molecular weight excluding hydrogens is 400 g/mol. The number of aliphatic imine (C=N–C) groups is 1. The summed E-state index contributed by atoms with van der Waals surface area (Å²) in [5.41, 5.74) is 0.771. The third-order valence-corrected chi connectivity index (χ3v) is 6.27. The number of aromatic nitrogens is 1. The number of halogens is 2. The van der Waals surface area contributed by atoms with Crippen LogP contribution >= 0.6 is 0 Å². The van der Waals surface area contributed by atoms with Gasteiger partial charge in [-0.1, -0.05) is 12.1 Å². The Kier molecular flexibility index (Phi) is 6.65. The minimum atomic E-state index is -0.304. The van der Waals surface area contributed by atoms with Gasteiger partial charge in [0.1, 0.15) is 5.82 Å². The summed E-state index contributed by atoms with van der Waals surface area (Å²) in [5, 5.41) is 6.89. The predicted molar refractivity (Wildman–Crippen MR) is 117 cm³/mol. The summed E-state index contributed by atoms with van der Waals surface area (Å²) in [6.07, 6.45) is 4.10. The van der Waals surface area contributed by atoms with Crippen molar-refractivity contribution < 1.29 is 13.5 Å². The van der Waals surface area contributed by atoms with Gasteiger partial charge in [0.05, 0.1) is 0 Å². The number of anilines is 1. The second-order valence-electron chi connectivity index (χ2n) is 8.21. The minimum absolute atomic E-state index is 0.132. The van der Waals surface area contributed by atoms with Gasteiger partial charge >= 0.3 is 0 Å². The highest BCUT2D eigenvalue weighted by Gasteiger charge is 2.35. The molecule has 166 valence electrons. The Morgan fingerprint density at radius 2 is 2.10 bits per heavy atom. The molecule has 0 radical (unpaired) electrons. The quantitative estimate of drug-likeness (QED) is 0.565. The molecule has 31 heavy (non-hydrogen) atoms. The fourth-order valence-corrected chi connectivity index (χ4v) is 4.47. The van der Waals surface area contributed by atoms with E-state index < -0.39 is 0 Å². The lowest BCUT2D eigenvalue weighted by molar-refractivity contribution is 0.0512. The second kappa shape index (κ2) is 9.60. The van der Waals surface area contributed by atoms with E-state index in [9.17, 15) is 8.78 Å². The van der Waals surface area contributed by atoms with E-state index in [1.165, 1.54) is 12.1 Å². The van der Waals surface area contributed by atoms with Gasteiger partial charge in [0.25, 0.3) is 0 Å². The van der Waals surface area contributed by atoms with Gasteiger partial charge in [0.15, 0.2) is 17.6 Å². The normalized spacial score (nSPS) is 21.2. The van der Waals surface area contributed by atoms with E-state index in [1.807, 2.05) is 11.0 Å². The SMILES string of the molecule is CN=C(NCC1(c2cccc(F)c2)CCOCC1)NC1CCN(c2ncccc2F)C1. The maximum absolute atomic E-state index is 14.1. The molecule has 0 amide bonds. The van der Waals surface area contributed by atoms with Gasteiger partial charge < -0.3 is 20.3 Å². The highest BCUT2D eigenvalue weighted by atomic mass is 19.1. The Morgan fingerprint density at radius 3 is 2.84 bits per heavy atom. The van der Waals surface area contributed by atoms with Crippen molar-refractivity contribution in [1.82, 2.24) is 15.6 Å². The van der Waals surface area contributed by atoms with Crippen LogP contribution in [0.15, 0.2) is 47.6 Å². The molecule has 2 aromatic rings. The first-order valence-corrected chi connectivity index (χ1v) is 10.8. The number of benzene rings is 1. The van der Waals surface area contributed by atoms with E-state index in [2.05, 4.69) is 20.6 Å². The Balaban J connectivity index is 1.39. The molecule has 2 saturated heterocycles. The summed E-state index contributed by atoms with van der Waals surface area (Å²) >= 11 is 0. The molecule has 1 atom stereocenters. The second-order valence-corrected chi connectivity index (χ2v) is 8.21. The number of ether oxygens (including phenoxy) is 1. The molecule has 0 aliphatic carbocycles. The summed E-state index contributed by atoms with van der Waals surface area (Å²) in [4.78, 5) is 10.5. The number of hydrogen-bond acceptors (Lipinski definition) is 4. The van der Waals surface area contributed by atoms with E-state index in [0.29, 0.717) is 38.1 Å². The molecule has 0 bridgehead atoms. The van der Waals surface area contributed by atoms with Crippen LogP contribution in [0.25, 0.3) is 0 Å². The molecule has 0 saturated carbocycles. The van der Waals surface area contributed by atoms with Gasteiger partial charge in [-0.25, -0.2) is 13.8 Å². The molecule has 2 N–H and O–H groups in total. The molecule has 2 aliphatic rings. The van der Waals surface area contributed by atoms with Crippen molar-refractivity contribution in [2.24, 2.45) is 4.99 Å². The Morgan fingerprint density at radius 1 is 1.26 bits per heavy atom. The molecule has 1 aromatic carbocycles. The van der Waals surface area contributed by atoms with Crippen molar-refractivity contribution in [1.29, 1.82) is 0 Å². The van der Waals surface area contributed by atoms with Crippen LogP contribution in [0.2, 0.25) is 0 Å². The first-order valence-electron chi connectivity index (χ1n) is 10.8. The van der Waals surface area contributed by atoms with Crippen molar-refractivity contribution in [2.75, 3.05) is 44.8 Å².